The highest BCUT2D eigenvalue weighted by atomic mass is 19.1. The molecule has 1 fully saturated rings. The van der Waals surface area contributed by atoms with Crippen LogP contribution in [0.15, 0.2) is 18.2 Å². The largest absolute Gasteiger partial charge is 0.494 e. The molecule has 0 unspecified atom stereocenters. The van der Waals surface area contributed by atoms with Crippen LogP contribution in [-0.4, -0.2) is 49.6 Å². The molecule has 1 heterocycles. The molecular formula is C16H22FN3O3. The highest BCUT2D eigenvalue weighted by Gasteiger charge is 2.27. The first-order valence-electron chi connectivity index (χ1n) is 7.62. The van der Waals surface area contributed by atoms with Crippen LogP contribution in [0, 0.1) is 5.82 Å². The molecule has 2 rings (SSSR count). The van der Waals surface area contributed by atoms with Gasteiger partial charge in [0.25, 0.3) is 0 Å². The Bertz CT molecular complexity index is 576. The van der Waals surface area contributed by atoms with Crippen LogP contribution in [0.1, 0.15) is 20.3 Å². The van der Waals surface area contributed by atoms with Crippen molar-refractivity contribution >= 4 is 17.6 Å². The van der Waals surface area contributed by atoms with Crippen molar-refractivity contribution in [3.05, 3.63) is 24.0 Å². The summed E-state index contributed by atoms with van der Waals surface area (Å²) in [6.07, 6.45) is 0.616. The minimum atomic E-state index is -0.412. The van der Waals surface area contributed by atoms with Gasteiger partial charge in [-0.05, 0) is 32.4 Å². The quantitative estimate of drug-likeness (QED) is 0.780. The van der Waals surface area contributed by atoms with E-state index in [0.717, 1.165) is 5.69 Å². The van der Waals surface area contributed by atoms with Crippen LogP contribution in [0.5, 0.6) is 5.75 Å². The van der Waals surface area contributed by atoms with Crippen molar-refractivity contribution in [2.45, 2.75) is 26.3 Å². The molecule has 1 aromatic carbocycles. The average Bonchev–Trinajstić information content (AvgIpc) is 2.82. The standard InChI is InChI=1S/C16H22FN3O3/c1-11(2)19(12-5-6-14(23-3)13(17)9-12)7-4-8-20-15(21)10-18-16(20)22/h5-6,9,11H,4,7-8,10H2,1-3H3,(H,18,22). The third kappa shape index (κ3) is 3.91. The van der Waals surface area contributed by atoms with E-state index in [1.54, 1.807) is 12.1 Å². The molecule has 0 aliphatic carbocycles. The molecule has 6 nitrogen and oxygen atoms in total. The van der Waals surface area contributed by atoms with E-state index in [1.165, 1.54) is 18.1 Å². The molecule has 0 aromatic heterocycles. The van der Waals surface area contributed by atoms with Crippen molar-refractivity contribution in [2.75, 3.05) is 31.6 Å². The zero-order valence-electron chi connectivity index (χ0n) is 13.6. The summed E-state index contributed by atoms with van der Waals surface area (Å²) >= 11 is 0. The van der Waals surface area contributed by atoms with E-state index in [2.05, 4.69) is 5.32 Å². The topological polar surface area (TPSA) is 61.9 Å². The molecule has 126 valence electrons. The van der Waals surface area contributed by atoms with Crippen LogP contribution in [0.25, 0.3) is 0 Å². The number of methoxy groups -OCH3 is 1. The van der Waals surface area contributed by atoms with Crippen LogP contribution in [0.3, 0.4) is 0 Å². The molecule has 23 heavy (non-hydrogen) atoms. The number of hydrogen-bond acceptors (Lipinski definition) is 4. The monoisotopic (exact) mass is 323 g/mol. The molecule has 7 heteroatoms. The van der Waals surface area contributed by atoms with E-state index >= 15 is 0 Å². The van der Waals surface area contributed by atoms with Crippen molar-refractivity contribution in [3.8, 4) is 5.75 Å². The molecule has 1 N–H and O–H groups in total. The van der Waals surface area contributed by atoms with Gasteiger partial charge in [0.1, 0.15) is 0 Å². The van der Waals surface area contributed by atoms with E-state index in [4.69, 9.17) is 4.74 Å². The Kier molecular flexibility index (Phi) is 5.41. The Labute approximate surface area is 135 Å². The fraction of sp³-hybridized carbons (Fsp3) is 0.500. The fourth-order valence-corrected chi connectivity index (χ4v) is 2.60. The second-order valence-electron chi connectivity index (χ2n) is 5.66. The number of urea groups is 1. The molecular weight excluding hydrogens is 301 g/mol. The lowest BCUT2D eigenvalue weighted by Gasteiger charge is -2.29. The Hall–Kier alpha value is -2.31. The first-order valence-corrected chi connectivity index (χ1v) is 7.62. The number of halogens is 1. The summed E-state index contributed by atoms with van der Waals surface area (Å²) in [6.45, 7) is 5.05. The lowest BCUT2D eigenvalue weighted by Crippen LogP contribution is -2.36. The van der Waals surface area contributed by atoms with E-state index < -0.39 is 5.82 Å². The summed E-state index contributed by atoms with van der Waals surface area (Å²) in [5.74, 6) is -0.414. The van der Waals surface area contributed by atoms with Crippen LogP contribution >= 0.6 is 0 Å². The van der Waals surface area contributed by atoms with Crippen LogP contribution in [-0.2, 0) is 4.79 Å². The van der Waals surface area contributed by atoms with Crippen LogP contribution in [0.4, 0.5) is 14.9 Å². The number of carbonyl (C=O) groups is 2. The predicted octanol–water partition coefficient (Wildman–Crippen LogP) is 1.99. The molecule has 0 atom stereocenters. The smallest absolute Gasteiger partial charge is 0.324 e. The molecule has 0 spiro atoms. The van der Waals surface area contributed by atoms with E-state index in [0.29, 0.717) is 19.5 Å². The summed E-state index contributed by atoms with van der Waals surface area (Å²) in [5.41, 5.74) is 0.746. The highest BCUT2D eigenvalue weighted by Crippen LogP contribution is 2.25. The number of imide groups is 1. The normalized spacial score (nSPS) is 14.4. The van der Waals surface area contributed by atoms with Crippen molar-refractivity contribution in [3.63, 3.8) is 0 Å². The second kappa shape index (κ2) is 7.30. The van der Waals surface area contributed by atoms with E-state index in [-0.39, 0.29) is 30.3 Å². The van der Waals surface area contributed by atoms with Gasteiger partial charge in [0.15, 0.2) is 11.6 Å². The molecule has 1 aliphatic rings. The van der Waals surface area contributed by atoms with Crippen molar-refractivity contribution in [1.82, 2.24) is 10.2 Å². The zero-order chi connectivity index (χ0) is 17.0. The SMILES string of the molecule is COc1ccc(N(CCCN2C(=O)CNC2=O)C(C)C)cc1F. The third-order valence-corrected chi connectivity index (χ3v) is 3.81. The summed E-state index contributed by atoms with van der Waals surface area (Å²) in [6, 6.07) is 4.65. The number of nitrogens with one attached hydrogen (secondary N) is 1. The number of anilines is 1. The highest BCUT2D eigenvalue weighted by molar-refractivity contribution is 6.01. The van der Waals surface area contributed by atoms with Crippen LogP contribution < -0.4 is 15.0 Å². The van der Waals surface area contributed by atoms with Gasteiger partial charge in [-0.3, -0.25) is 9.69 Å². The second-order valence-corrected chi connectivity index (χ2v) is 5.66. The number of carbonyl (C=O) groups excluding carboxylic acids is 2. The van der Waals surface area contributed by atoms with Gasteiger partial charge in [0.2, 0.25) is 5.91 Å². The van der Waals surface area contributed by atoms with Crippen molar-refractivity contribution in [2.24, 2.45) is 0 Å². The van der Waals surface area contributed by atoms with E-state index in [9.17, 15) is 14.0 Å². The summed E-state index contributed by atoms with van der Waals surface area (Å²) in [4.78, 5) is 26.3. The maximum Gasteiger partial charge on any atom is 0.324 e. The Morgan fingerprint density at radius 2 is 2.13 bits per heavy atom. The predicted molar refractivity (Wildman–Crippen MR) is 85.2 cm³/mol. The van der Waals surface area contributed by atoms with Gasteiger partial charge in [0.05, 0.1) is 13.7 Å². The van der Waals surface area contributed by atoms with Gasteiger partial charge >= 0.3 is 6.03 Å². The lowest BCUT2D eigenvalue weighted by molar-refractivity contribution is -0.125. The van der Waals surface area contributed by atoms with Gasteiger partial charge in [-0.1, -0.05) is 0 Å². The first kappa shape index (κ1) is 17.1. The molecule has 0 radical (unpaired) electrons. The zero-order valence-corrected chi connectivity index (χ0v) is 13.6. The van der Waals surface area contributed by atoms with Gasteiger partial charge in [-0.25, -0.2) is 9.18 Å². The minimum absolute atomic E-state index is 0.0659. The fourth-order valence-electron chi connectivity index (χ4n) is 2.60. The molecule has 0 bridgehead atoms. The molecule has 1 saturated heterocycles. The van der Waals surface area contributed by atoms with Gasteiger partial charge in [-0.2, -0.15) is 0 Å². The first-order chi connectivity index (χ1) is 10.9. The number of hydrogen-bond donors (Lipinski definition) is 1. The van der Waals surface area contributed by atoms with Crippen molar-refractivity contribution < 1.29 is 18.7 Å². The molecule has 3 amide bonds. The Morgan fingerprint density at radius 3 is 2.65 bits per heavy atom. The maximum atomic E-state index is 13.9. The number of benzene rings is 1. The molecule has 0 saturated carbocycles. The minimum Gasteiger partial charge on any atom is -0.494 e. The van der Waals surface area contributed by atoms with Gasteiger partial charge < -0.3 is 15.0 Å². The average molecular weight is 323 g/mol. The van der Waals surface area contributed by atoms with Crippen molar-refractivity contribution in [1.29, 1.82) is 0 Å². The Morgan fingerprint density at radius 1 is 1.39 bits per heavy atom. The van der Waals surface area contributed by atoms with Crippen LogP contribution in [0.2, 0.25) is 0 Å². The Balaban J connectivity index is 2.00. The van der Waals surface area contributed by atoms with Gasteiger partial charge in [-0.15, -0.1) is 0 Å². The maximum absolute atomic E-state index is 13.9. The summed E-state index contributed by atoms with van der Waals surface area (Å²) in [5, 5.41) is 2.49. The van der Waals surface area contributed by atoms with E-state index in [1.807, 2.05) is 18.7 Å². The molecule has 1 aromatic rings. The lowest BCUT2D eigenvalue weighted by atomic mass is 10.2. The number of amides is 3. The number of rotatable bonds is 7. The van der Waals surface area contributed by atoms with Gasteiger partial charge in [0, 0.05) is 30.9 Å². The molecule has 1 aliphatic heterocycles. The number of ether oxygens (including phenoxy) is 1. The third-order valence-electron chi connectivity index (χ3n) is 3.81. The summed E-state index contributed by atoms with van der Waals surface area (Å²) < 4.78 is 18.8. The summed E-state index contributed by atoms with van der Waals surface area (Å²) in [7, 11) is 1.43. The number of nitrogens with zero attached hydrogens (tertiary/aromatic N) is 2.